The van der Waals surface area contributed by atoms with Gasteiger partial charge in [0.15, 0.2) is 0 Å². The summed E-state index contributed by atoms with van der Waals surface area (Å²) in [6, 6.07) is 29.5. The molecule has 2 amide bonds. The molecule has 1 N–H and O–H groups in total. The first-order valence-corrected chi connectivity index (χ1v) is 16.3. The van der Waals surface area contributed by atoms with Crippen LogP contribution in [-0.4, -0.2) is 51.9 Å². The summed E-state index contributed by atoms with van der Waals surface area (Å²) in [5, 5.41) is 2.70. The van der Waals surface area contributed by atoms with Crippen LogP contribution in [0.3, 0.4) is 0 Å². The third kappa shape index (κ3) is 8.30. The number of carbonyl (C=O) groups is 2. The van der Waals surface area contributed by atoms with Gasteiger partial charge in [-0.05, 0) is 65.9 Å². The highest BCUT2D eigenvalue weighted by Gasteiger charge is 2.34. The standard InChI is InChI=1S/C36H41N3O5S/c1-26(2)30-16-18-31(19-17-30)39(45(42,43)33-20-14-27(3)15-21-33)25-35(40)38(24-29-12-9-13-32(22-29)44-5)34(36(41)37-4)23-28-10-7-6-8-11-28/h6-22,26,34H,23-25H2,1-5H3,(H,37,41)/t34-/m0/s1. The number of nitrogens with zero attached hydrogens (tertiary/aromatic N) is 2. The van der Waals surface area contributed by atoms with E-state index in [0.717, 1.165) is 26.6 Å². The minimum atomic E-state index is -4.16. The van der Waals surface area contributed by atoms with E-state index in [9.17, 15) is 18.0 Å². The molecular formula is C36H41N3O5S. The highest BCUT2D eigenvalue weighted by Crippen LogP contribution is 2.27. The van der Waals surface area contributed by atoms with Crippen LogP contribution >= 0.6 is 0 Å². The van der Waals surface area contributed by atoms with Crippen molar-refractivity contribution in [3.63, 3.8) is 0 Å². The number of ether oxygens (including phenoxy) is 1. The Bertz CT molecular complexity index is 1690. The summed E-state index contributed by atoms with van der Waals surface area (Å²) in [5.41, 5.74) is 3.91. The number of methoxy groups -OCH3 is 1. The molecule has 0 unspecified atom stereocenters. The summed E-state index contributed by atoms with van der Waals surface area (Å²) in [5.74, 6) is -0.0314. The summed E-state index contributed by atoms with van der Waals surface area (Å²) in [4.78, 5) is 29.4. The van der Waals surface area contributed by atoms with Crippen molar-refractivity contribution in [2.45, 2.75) is 50.6 Å². The normalized spacial score (nSPS) is 12.0. The van der Waals surface area contributed by atoms with Crippen molar-refractivity contribution in [2.75, 3.05) is 25.0 Å². The molecule has 4 aromatic rings. The van der Waals surface area contributed by atoms with Gasteiger partial charge in [-0.1, -0.05) is 86.1 Å². The summed E-state index contributed by atoms with van der Waals surface area (Å²) in [7, 11) is -1.08. The van der Waals surface area contributed by atoms with E-state index in [1.54, 1.807) is 55.6 Å². The summed E-state index contributed by atoms with van der Waals surface area (Å²) in [6.07, 6.45) is 0.240. The van der Waals surface area contributed by atoms with Gasteiger partial charge in [0.1, 0.15) is 18.3 Å². The second-order valence-electron chi connectivity index (χ2n) is 11.3. The number of nitrogens with one attached hydrogen (secondary N) is 1. The van der Waals surface area contributed by atoms with Crippen LogP contribution in [0.15, 0.2) is 108 Å². The van der Waals surface area contributed by atoms with Crippen LogP contribution < -0.4 is 14.4 Å². The molecule has 0 fully saturated rings. The molecule has 1 atom stereocenters. The lowest BCUT2D eigenvalue weighted by Crippen LogP contribution is -2.53. The van der Waals surface area contributed by atoms with Gasteiger partial charge in [-0.2, -0.15) is 0 Å². The van der Waals surface area contributed by atoms with Gasteiger partial charge >= 0.3 is 0 Å². The number of hydrogen-bond donors (Lipinski definition) is 1. The largest absolute Gasteiger partial charge is 0.497 e. The van der Waals surface area contributed by atoms with E-state index >= 15 is 0 Å². The molecular weight excluding hydrogens is 586 g/mol. The van der Waals surface area contributed by atoms with E-state index in [-0.39, 0.29) is 29.7 Å². The van der Waals surface area contributed by atoms with E-state index < -0.39 is 28.5 Å². The molecule has 8 nitrogen and oxygen atoms in total. The van der Waals surface area contributed by atoms with Crippen molar-refractivity contribution in [1.29, 1.82) is 0 Å². The SMILES string of the molecule is CNC(=O)[C@H](Cc1ccccc1)N(Cc1cccc(OC)c1)C(=O)CN(c1ccc(C(C)C)cc1)S(=O)(=O)c1ccc(C)cc1. The van der Waals surface area contributed by atoms with Crippen LogP contribution in [-0.2, 0) is 32.6 Å². The molecule has 0 aliphatic rings. The summed E-state index contributed by atoms with van der Waals surface area (Å²) < 4.78 is 34.9. The highest BCUT2D eigenvalue weighted by atomic mass is 32.2. The quantitative estimate of drug-likeness (QED) is 0.205. The summed E-state index contributed by atoms with van der Waals surface area (Å²) >= 11 is 0. The predicted octanol–water partition coefficient (Wildman–Crippen LogP) is 5.71. The molecule has 0 heterocycles. The number of hydrogen-bond acceptors (Lipinski definition) is 5. The Morgan fingerprint density at radius 3 is 2.09 bits per heavy atom. The Balaban J connectivity index is 1.80. The Morgan fingerprint density at radius 1 is 0.844 bits per heavy atom. The van der Waals surface area contributed by atoms with Gasteiger partial charge in [0.25, 0.3) is 10.0 Å². The van der Waals surface area contributed by atoms with E-state index in [0.29, 0.717) is 11.4 Å². The van der Waals surface area contributed by atoms with Crippen LogP contribution in [0.2, 0.25) is 0 Å². The maximum atomic E-state index is 14.5. The number of carbonyl (C=O) groups excluding carboxylic acids is 2. The molecule has 0 aromatic heterocycles. The van der Waals surface area contributed by atoms with Crippen LogP contribution in [0.25, 0.3) is 0 Å². The van der Waals surface area contributed by atoms with Crippen LogP contribution in [0.4, 0.5) is 5.69 Å². The van der Waals surface area contributed by atoms with Crippen LogP contribution in [0.1, 0.15) is 42.0 Å². The van der Waals surface area contributed by atoms with Crippen molar-refractivity contribution < 1.29 is 22.7 Å². The fourth-order valence-corrected chi connectivity index (χ4v) is 6.49. The fourth-order valence-electron chi connectivity index (χ4n) is 5.08. The van der Waals surface area contributed by atoms with Gasteiger partial charge < -0.3 is 15.0 Å². The van der Waals surface area contributed by atoms with Gasteiger partial charge in [-0.3, -0.25) is 13.9 Å². The first-order chi connectivity index (χ1) is 21.5. The zero-order valence-electron chi connectivity index (χ0n) is 26.4. The molecule has 0 radical (unpaired) electrons. The molecule has 0 saturated carbocycles. The topological polar surface area (TPSA) is 96.0 Å². The van der Waals surface area contributed by atoms with Gasteiger partial charge in [0.05, 0.1) is 17.7 Å². The lowest BCUT2D eigenvalue weighted by Gasteiger charge is -2.33. The summed E-state index contributed by atoms with van der Waals surface area (Å²) in [6.45, 7) is 5.54. The lowest BCUT2D eigenvalue weighted by molar-refractivity contribution is -0.139. The van der Waals surface area contributed by atoms with E-state index in [1.165, 1.54) is 11.9 Å². The molecule has 0 saturated heterocycles. The molecule has 45 heavy (non-hydrogen) atoms. The first-order valence-electron chi connectivity index (χ1n) is 14.9. The zero-order chi connectivity index (χ0) is 32.6. The molecule has 4 rings (SSSR count). The number of likely N-dealkylation sites (N-methyl/N-ethyl adjacent to an activating group) is 1. The van der Waals surface area contributed by atoms with Crippen molar-refractivity contribution in [2.24, 2.45) is 0 Å². The molecule has 0 spiro atoms. The maximum Gasteiger partial charge on any atom is 0.264 e. The van der Waals surface area contributed by atoms with Crippen molar-refractivity contribution in [3.8, 4) is 5.75 Å². The minimum Gasteiger partial charge on any atom is -0.497 e. The van der Waals surface area contributed by atoms with Gasteiger partial charge in [-0.25, -0.2) is 8.42 Å². The van der Waals surface area contributed by atoms with Crippen LogP contribution in [0.5, 0.6) is 5.75 Å². The van der Waals surface area contributed by atoms with Crippen molar-refractivity contribution >= 4 is 27.5 Å². The Hall–Kier alpha value is -4.63. The first kappa shape index (κ1) is 33.3. The zero-order valence-corrected chi connectivity index (χ0v) is 27.3. The van der Waals surface area contributed by atoms with Gasteiger partial charge in [0, 0.05) is 20.0 Å². The van der Waals surface area contributed by atoms with Crippen molar-refractivity contribution in [1.82, 2.24) is 10.2 Å². The second kappa shape index (κ2) is 14.9. The molecule has 0 bridgehead atoms. The second-order valence-corrected chi connectivity index (χ2v) is 13.1. The monoisotopic (exact) mass is 627 g/mol. The molecule has 236 valence electrons. The average Bonchev–Trinajstić information content (AvgIpc) is 3.05. The number of anilines is 1. The number of amides is 2. The Morgan fingerprint density at radius 2 is 1.49 bits per heavy atom. The predicted molar refractivity (Wildman–Crippen MR) is 178 cm³/mol. The van der Waals surface area contributed by atoms with Crippen molar-refractivity contribution in [3.05, 3.63) is 125 Å². The average molecular weight is 628 g/mol. The number of rotatable bonds is 13. The van der Waals surface area contributed by atoms with Crippen LogP contribution in [0, 0.1) is 6.92 Å². The highest BCUT2D eigenvalue weighted by molar-refractivity contribution is 7.92. The molecule has 9 heteroatoms. The Kier molecular flexibility index (Phi) is 11.0. The van der Waals surface area contributed by atoms with Gasteiger partial charge in [0.2, 0.25) is 11.8 Å². The number of sulfonamides is 1. The molecule has 0 aliphatic heterocycles. The Labute approximate surface area is 266 Å². The van der Waals surface area contributed by atoms with E-state index in [2.05, 4.69) is 19.2 Å². The smallest absolute Gasteiger partial charge is 0.264 e. The third-order valence-corrected chi connectivity index (χ3v) is 9.53. The van der Waals surface area contributed by atoms with E-state index in [1.807, 2.05) is 61.5 Å². The number of aryl methyl sites for hydroxylation is 1. The number of benzene rings is 4. The molecule has 0 aliphatic carbocycles. The van der Waals surface area contributed by atoms with Gasteiger partial charge in [-0.15, -0.1) is 0 Å². The fraction of sp³-hybridized carbons (Fsp3) is 0.278. The third-order valence-electron chi connectivity index (χ3n) is 7.74. The van der Waals surface area contributed by atoms with E-state index in [4.69, 9.17) is 4.74 Å². The lowest BCUT2D eigenvalue weighted by atomic mass is 10.0. The minimum absolute atomic E-state index is 0.0612. The molecule has 4 aromatic carbocycles. The maximum absolute atomic E-state index is 14.5.